The third-order valence-electron chi connectivity index (χ3n) is 3.80. The highest BCUT2D eigenvalue weighted by molar-refractivity contribution is 7.89. The van der Waals surface area contributed by atoms with Crippen LogP contribution >= 0.6 is 0 Å². The molecule has 1 fully saturated rings. The van der Waals surface area contributed by atoms with Gasteiger partial charge in [-0.05, 0) is 18.4 Å². The zero-order valence-electron chi connectivity index (χ0n) is 11.8. The van der Waals surface area contributed by atoms with Crippen LogP contribution in [-0.4, -0.2) is 26.9 Å². The molecule has 1 aliphatic carbocycles. The second kappa shape index (κ2) is 6.40. The molecular weight excluding hydrogens is 294 g/mol. The molecule has 21 heavy (non-hydrogen) atoms. The minimum atomic E-state index is -3.76. The lowest BCUT2D eigenvalue weighted by atomic mass is 9.83. The van der Waals surface area contributed by atoms with E-state index in [1.54, 1.807) is 7.05 Å². The summed E-state index contributed by atoms with van der Waals surface area (Å²) < 4.78 is 27.1. The molecular formula is C13H19N3O4S. The zero-order valence-corrected chi connectivity index (χ0v) is 12.6. The number of nitrogens with zero attached hydrogens (tertiary/aromatic N) is 1. The van der Waals surface area contributed by atoms with Crippen molar-refractivity contribution in [3.05, 3.63) is 28.3 Å². The lowest BCUT2D eigenvalue weighted by Gasteiger charge is -2.25. The standard InChI is InChI=1S/C13H19N3O4S/c1-14-12-6-5-11(16(17)18)9-13(12)21(19,20)15-8-7-10-3-2-4-10/h5-6,9-10,14-15H,2-4,7-8H2,1H3. The molecule has 0 radical (unpaired) electrons. The van der Waals surface area contributed by atoms with E-state index in [1.165, 1.54) is 18.6 Å². The fourth-order valence-electron chi connectivity index (χ4n) is 2.31. The Morgan fingerprint density at radius 2 is 2.10 bits per heavy atom. The van der Waals surface area contributed by atoms with Gasteiger partial charge in [-0.25, -0.2) is 13.1 Å². The fourth-order valence-corrected chi connectivity index (χ4v) is 3.59. The molecule has 1 aliphatic rings. The molecule has 7 nitrogen and oxygen atoms in total. The molecule has 116 valence electrons. The molecule has 0 heterocycles. The van der Waals surface area contributed by atoms with Crippen LogP contribution in [0.2, 0.25) is 0 Å². The van der Waals surface area contributed by atoms with Crippen molar-refractivity contribution in [1.29, 1.82) is 0 Å². The molecule has 1 saturated carbocycles. The summed E-state index contributed by atoms with van der Waals surface area (Å²) in [5.74, 6) is 0.599. The lowest BCUT2D eigenvalue weighted by molar-refractivity contribution is -0.385. The molecule has 1 aromatic rings. The van der Waals surface area contributed by atoms with Crippen molar-refractivity contribution in [2.45, 2.75) is 30.6 Å². The number of hydrogen-bond acceptors (Lipinski definition) is 5. The minimum Gasteiger partial charge on any atom is -0.387 e. The number of anilines is 1. The number of benzene rings is 1. The van der Waals surface area contributed by atoms with Crippen molar-refractivity contribution in [3.63, 3.8) is 0 Å². The van der Waals surface area contributed by atoms with Gasteiger partial charge in [-0.15, -0.1) is 0 Å². The van der Waals surface area contributed by atoms with Crippen molar-refractivity contribution >= 4 is 21.4 Å². The van der Waals surface area contributed by atoms with E-state index in [9.17, 15) is 18.5 Å². The summed E-state index contributed by atoms with van der Waals surface area (Å²) in [5, 5.41) is 13.5. The quantitative estimate of drug-likeness (QED) is 0.593. The van der Waals surface area contributed by atoms with Gasteiger partial charge in [-0.2, -0.15) is 0 Å². The van der Waals surface area contributed by atoms with Crippen molar-refractivity contribution in [2.24, 2.45) is 5.92 Å². The van der Waals surface area contributed by atoms with E-state index in [0.717, 1.165) is 25.3 Å². The smallest absolute Gasteiger partial charge is 0.270 e. The van der Waals surface area contributed by atoms with Crippen molar-refractivity contribution in [2.75, 3.05) is 18.9 Å². The molecule has 8 heteroatoms. The molecule has 0 saturated heterocycles. The van der Waals surface area contributed by atoms with Gasteiger partial charge in [0.15, 0.2) is 0 Å². The van der Waals surface area contributed by atoms with Crippen LogP contribution in [0, 0.1) is 16.0 Å². The first-order valence-corrected chi connectivity index (χ1v) is 8.38. The largest absolute Gasteiger partial charge is 0.387 e. The highest BCUT2D eigenvalue weighted by Gasteiger charge is 2.23. The van der Waals surface area contributed by atoms with E-state index in [2.05, 4.69) is 10.0 Å². The monoisotopic (exact) mass is 313 g/mol. The minimum absolute atomic E-state index is 0.0900. The number of sulfonamides is 1. The number of rotatable bonds is 7. The van der Waals surface area contributed by atoms with Gasteiger partial charge in [-0.3, -0.25) is 10.1 Å². The Labute approximate surface area is 123 Å². The molecule has 2 rings (SSSR count). The first-order valence-electron chi connectivity index (χ1n) is 6.90. The molecule has 0 atom stereocenters. The van der Waals surface area contributed by atoms with Gasteiger partial charge < -0.3 is 5.32 Å². The number of nitrogens with one attached hydrogen (secondary N) is 2. The maximum atomic E-state index is 12.3. The maximum absolute atomic E-state index is 12.3. The Morgan fingerprint density at radius 3 is 2.62 bits per heavy atom. The summed E-state index contributed by atoms with van der Waals surface area (Å²) in [6.45, 7) is 0.360. The molecule has 1 aromatic carbocycles. The maximum Gasteiger partial charge on any atom is 0.270 e. The first kappa shape index (κ1) is 15.7. The SMILES string of the molecule is CNc1ccc([N+](=O)[O-])cc1S(=O)(=O)NCCC1CCC1. The van der Waals surface area contributed by atoms with Crippen LogP contribution in [0.5, 0.6) is 0 Å². The Bertz CT molecular complexity index is 626. The van der Waals surface area contributed by atoms with Gasteiger partial charge in [0.1, 0.15) is 4.90 Å². The van der Waals surface area contributed by atoms with Crippen LogP contribution in [0.1, 0.15) is 25.7 Å². The summed E-state index contributed by atoms with van der Waals surface area (Å²) in [4.78, 5) is 10.1. The second-order valence-electron chi connectivity index (χ2n) is 5.17. The summed E-state index contributed by atoms with van der Waals surface area (Å²) in [6, 6.07) is 3.76. The van der Waals surface area contributed by atoms with Gasteiger partial charge in [0, 0.05) is 25.7 Å². The van der Waals surface area contributed by atoms with E-state index in [4.69, 9.17) is 0 Å². The average molecular weight is 313 g/mol. The van der Waals surface area contributed by atoms with Gasteiger partial charge in [-0.1, -0.05) is 19.3 Å². The summed E-state index contributed by atoms with van der Waals surface area (Å²) in [5.41, 5.74) is 0.102. The van der Waals surface area contributed by atoms with Crippen LogP contribution in [0.3, 0.4) is 0 Å². The van der Waals surface area contributed by atoms with E-state index in [1.807, 2.05) is 0 Å². The number of non-ortho nitro benzene ring substituents is 1. The van der Waals surface area contributed by atoms with Crippen molar-refractivity contribution in [1.82, 2.24) is 4.72 Å². The zero-order chi connectivity index (χ0) is 15.5. The van der Waals surface area contributed by atoms with E-state index < -0.39 is 14.9 Å². The van der Waals surface area contributed by atoms with Gasteiger partial charge in [0.25, 0.3) is 5.69 Å². The lowest BCUT2D eigenvalue weighted by Crippen LogP contribution is -2.28. The van der Waals surface area contributed by atoms with E-state index >= 15 is 0 Å². The third kappa shape index (κ3) is 3.70. The first-order chi connectivity index (χ1) is 9.94. The fraction of sp³-hybridized carbons (Fsp3) is 0.538. The Morgan fingerprint density at radius 1 is 1.38 bits per heavy atom. The van der Waals surface area contributed by atoms with Crippen LogP contribution in [0.25, 0.3) is 0 Å². The molecule has 0 bridgehead atoms. The van der Waals surface area contributed by atoms with Crippen LogP contribution in [0.4, 0.5) is 11.4 Å². The number of nitro groups is 1. The summed E-state index contributed by atoms with van der Waals surface area (Å²) in [7, 11) is -2.18. The normalized spacial score (nSPS) is 15.5. The van der Waals surface area contributed by atoms with Gasteiger partial charge in [0.2, 0.25) is 10.0 Å². The molecule has 0 unspecified atom stereocenters. The molecule has 0 aromatic heterocycles. The van der Waals surface area contributed by atoms with E-state index in [-0.39, 0.29) is 10.6 Å². The average Bonchev–Trinajstić information content (AvgIpc) is 2.40. The second-order valence-corrected chi connectivity index (χ2v) is 6.91. The Kier molecular flexibility index (Phi) is 4.79. The Balaban J connectivity index is 2.16. The predicted octanol–water partition coefficient (Wildman–Crippen LogP) is 2.10. The third-order valence-corrected chi connectivity index (χ3v) is 5.31. The Hall–Kier alpha value is -1.67. The highest BCUT2D eigenvalue weighted by atomic mass is 32.2. The number of hydrogen-bond donors (Lipinski definition) is 2. The van der Waals surface area contributed by atoms with Crippen molar-refractivity contribution in [3.8, 4) is 0 Å². The molecule has 2 N–H and O–H groups in total. The van der Waals surface area contributed by atoms with Gasteiger partial charge in [0.05, 0.1) is 10.6 Å². The topological polar surface area (TPSA) is 101 Å². The van der Waals surface area contributed by atoms with E-state index in [0.29, 0.717) is 18.2 Å². The summed E-state index contributed by atoms with van der Waals surface area (Å²) >= 11 is 0. The van der Waals surface area contributed by atoms with Gasteiger partial charge >= 0.3 is 0 Å². The highest BCUT2D eigenvalue weighted by Crippen LogP contribution is 2.29. The summed E-state index contributed by atoms with van der Waals surface area (Å²) in [6.07, 6.45) is 4.33. The molecule has 0 spiro atoms. The number of nitro benzene ring substituents is 1. The van der Waals surface area contributed by atoms with Crippen LogP contribution < -0.4 is 10.0 Å². The van der Waals surface area contributed by atoms with Crippen molar-refractivity contribution < 1.29 is 13.3 Å². The van der Waals surface area contributed by atoms with Crippen LogP contribution in [-0.2, 0) is 10.0 Å². The predicted molar refractivity (Wildman–Crippen MR) is 79.8 cm³/mol. The molecule has 0 aliphatic heterocycles. The van der Waals surface area contributed by atoms with Crippen LogP contribution in [0.15, 0.2) is 23.1 Å². The molecule has 0 amide bonds.